The average Bonchev–Trinajstić information content (AvgIpc) is 2.83. The number of pyridine rings is 1. The van der Waals surface area contributed by atoms with Crippen molar-refractivity contribution in [1.29, 1.82) is 0 Å². The van der Waals surface area contributed by atoms with Gasteiger partial charge in [0, 0.05) is 29.9 Å². The smallest absolute Gasteiger partial charge is 0.323 e. The number of hydrogen-bond donors (Lipinski definition) is 2. The summed E-state index contributed by atoms with van der Waals surface area (Å²) < 4.78 is 1.43. The summed E-state index contributed by atoms with van der Waals surface area (Å²) in [5.74, 6) is 0.176. The Morgan fingerprint density at radius 1 is 1.15 bits per heavy atom. The maximum atomic E-state index is 10.9. The minimum Gasteiger partial charge on any atom is -0.384 e. The van der Waals surface area contributed by atoms with E-state index < -0.39 is 6.03 Å². The highest BCUT2D eigenvalue weighted by Gasteiger charge is 2.02. The van der Waals surface area contributed by atoms with Crippen LogP contribution in [0.2, 0.25) is 0 Å². The maximum Gasteiger partial charge on any atom is 0.323 e. The summed E-state index contributed by atoms with van der Waals surface area (Å²) in [6.45, 7) is 0. The Morgan fingerprint density at radius 2 is 1.90 bits per heavy atom. The van der Waals surface area contributed by atoms with Crippen molar-refractivity contribution in [2.45, 2.75) is 0 Å². The van der Waals surface area contributed by atoms with E-state index in [9.17, 15) is 9.90 Å². The van der Waals surface area contributed by atoms with Crippen molar-refractivity contribution in [1.82, 2.24) is 9.55 Å². The van der Waals surface area contributed by atoms with E-state index in [1.54, 1.807) is 6.20 Å². The van der Waals surface area contributed by atoms with E-state index in [0.717, 1.165) is 10.9 Å². The third-order valence-electron chi connectivity index (χ3n) is 2.59. The van der Waals surface area contributed by atoms with E-state index in [4.69, 9.17) is 11.5 Å². The SMILES string of the molecule is NC(=O)n1ccc2ccccc21.Nc1cc([O])ccn1. The number of nitrogens with two attached hydrogens (primary N) is 2. The van der Waals surface area contributed by atoms with Gasteiger partial charge in [0.15, 0.2) is 5.75 Å². The number of para-hydroxylation sites is 1. The second-order valence-corrected chi connectivity index (χ2v) is 4.00. The first-order valence-corrected chi connectivity index (χ1v) is 5.82. The van der Waals surface area contributed by atoms with Crippen LogP contribution in [0.25, 0.3) is 10.9 Å². The van der Waals surface area contributed by atoms with E-state index >= 15 is 0 Å². The summed E-state index contributed by atoms with van der Waals surface area (Å²) in [4.78, 5) is 14.5. The number of carbonyl (C=O) groups is 1. The monoisotopic (exact) mass is 269 g/mol. The molecule has 20 heavy (non-hydrogen) atoms. The number of amides is 1. The molecule has 6 heteroatoms. The normalized spacial score (nSPS) is 9.80. The Kier molecular flexibility index (Phi) is 3.85. The lowest BCUT2D eigenvalue weighted by Gasteiger charge is -1.96. The van der Waals surface area contributed by atoms with Crippen LogP contribution in [0.3, 0.4) is 0 Å². The van der Waals surface area contributed by atoms with E-state index in [0.29, 0.717) is 0 Å². The molecule has 6 nitrogen and oxygen atoms in total. The van der Waals surface area contributed by atoms with Gasteiger partial charge in [0.2, 0.25) is 0 Å². The number of primary amides is 1. The first kappa shape index (κ1) is 13.4. The summed E-state index contributed by atoms with van der Waals surface area (Å²) in [5, 5.41) is 11.4. The molecule has 0 aliphatic carbocycles. The molecule has 0 saturated heterocycles. The molecule has 0 aliphatic heterocycles. The Hall–Kier alpha value is -3.02. The molecule has 0 saturated carbocycles. The van der Waals surface area contributed by atoms with Gasteiger partial charge >= 0.3 is 6.03 Å². The number of nitrogens with zero attached hydrogens (tertiary/aromatic N) is 2. The van der Waals surface area contributed by atoms with Gasteiger partial charge in [-0.3, -0.25) is 9.67 Å². The molecule has 0 atom stereocenters. The van der Waals surface area contributed by atoms with Crippen LogP contribution in [-0.2, 0) is 5.11 Å². The topological polar surface area (TPSA) is 107 Å². The van der Waals surface area contributed by atoms with Crippen molar-refractivity contribution in [2.75, 3.05) is 5.73 Å². The molecule has 1 radical (unpaired) electrons. The summed E-state index contributed by atoms with van der Waals surface area (Å²) in [6.07, 6.45) is 3.06. The van der Waals surface area contributed by atoms with Crippen molar-refractivity contribution >= 4 is 22.8 Å². The molecular formula is C14H13N4O2. The van der Waals surface area contributed by atoms with Gasteiger partial charge in [-0.05, 0) is 12.1 Å². The highest BCUT2D eigenvalue weighted by Crippen LogP contribution is 2.13. The number of hydrogen-bond acceptors (Lipinski definition) is 3. The van der Waals surface area contributed by atoms with Crippen LogP contribution in [0.15, 0.2) is 54.9 Å². The minimum absolute atomic E-state index is 0.0995. The van der Waals surface area contributed by atoms with Gasteiger partial charge in [0.05, 0.1) is 5.52 Å². The zero-order valence-electron chi connectivity index (χ0n) is 10.6. The molecule has 4 N–H and O–H groups in total. The number of aromatic nitrogens is 2. The molecule has 0 spiro atoms. The molecule has 2 aromatic heterocycles. The standard InChI is InChI=1S/C9H8N2O.C5H5N2O/c10-9(12)11-6-5-7-3-1-2-4-8(7)11;6-5-3-4(8)1-2-7-5/h1-6H,(H2,10,12);1-3H,(H2,6,7). The number of carbonyl (C=O) groups excluding carboxylic acids is 1. The fourth-order valence-corrected chi connectivity index (χ4v) is 1.70. The molecule has 101 valence electrons. The molecule has 3 rings (SSSR count). The molecule has 1 amide bonds. The second-order valence-electron chi connectivity index (χ2n) is 4.00. The third kappa shape index (κ3) is 3.05. The predicted octanol–water partition coefficient (Wildman–Crippen LogP) is 2.38. The number of anilines is 1. The first-order valence-electron chi connectivity index (χ1n) is 5.82. The number of rotatable bonds is 0. The molecule has 0 bridgehead atoms. The summed E-state index contributed by atoms with van der Waals surface area (Å²) in [5.41, 5.74) is 11.1. The Balaban J connectivity index is 0.000000160. The third-order valence-corrected chi connectivity index (χ3v) is 2.59. The van der Waals surface area contributed by atoms with Crippen molar-refractivity contribution in [3.63, 3.8) is 0 Å². The lowest BCUT2D eigenvalue weighted by Crippen LogP contribution is -2.17. The van der Waals surface area contributed by atoms with Crippen molar-refractivity contribution in [3.8, 4) is 5.75 Å². The largest absolute Gasteiger partial charge is 0.384 e. The van der Waals surface area contributed by atoms with E-state index in [-0.39, 0.29) is 11.6 Å². The summed E-state index contributed by atoms with van der Waals surface area (Å²) >= 11 is 0. The Morgan fingerprint density at radius 3 is 2.50 bits per heavy atom. The van der Waals surface area contributed by atoms with Crippen LogP contribution in [0.5, 0.6) is 5.75 Å². The Labute approximate surface area is 115 Å². The van der Waals surface area contributed by atoms with Crippen molar-refractivity contribution < 1.29 is 9.90 Å². The number of nitrogen functional groups attached to an aromatic ring is 1. The average molecular weight is 269 g/mol. The van der Waals surface area contributed by atoms with E-state index in [2.05, 4.69) is 4.98 Å². The van der Waals surface area contributed by atoms with Crippen LogP contribution >= 0.6 is 0 Å². The Bertz CT molecular complexity index is 719. The van der Waals surface area contributed by atoms with Crippen LogP contribution in [-0.4, -0.2) is 15.6 Å². The zero-order valence-corrected chi connectivity index (χ0v) is 10.6. The molecule has 0 fully saturated rings. The van der Waals surface area contributed by atoms with Crippen LogP contribution in [0.4, 0.5) is 10.6 Å². The predicted molar refractivity (Wildman–Crippen MR) is 75.7 cm³/mol. The molecule has 3 aromatic rings. The minimum atomic E-state index is -0.448. The van der Waals surface area contributed by atoms with Gasteiger partial charge in [-0.2, -0.15) is 0 Å². The number of fused-ring (bicyclic) bond motifs is 1. The highest BCUT2D eigenvalue weighted by atomic mass is 16.3. The molecule has 0 aliphatic rings. The summed E-state index contributed by atoms with van der Waals surface area (Å²) in [6, 6.07) is 11.7. The van der Waals surface area contributed by atoms with Gasteiger partial charge in [0.1, 0.15) is 5.82 Å². The summed E-state index contributed by atoms with van der Waals surface area (Å²) in [7, 11) is 0. The second kappa shape index (κ2) is 5.75. The zero-order chi connectivity index (χ0) is 14.5. The van der Waals surface area contributed by atoms with Gasteiger partial charge in [-0.1, -0.05) is 18.2 Å². The van der Waals surface area contributed by atoms with Gasteiger partial charge in [-0.25, -0.2) is 9.78 Å². The molecule has 1 aromatic carbocycles. The first-order chi connectivity index (χ1) is 9.58. The van der Waals surface area contributed by atoms with Crippen molar-refractivity contribution in [3.05, 3.63) is 54.9 Å². The molecular weight excluding hydrogens is 256 g/mol. The van der Waals surface area contributed by atoms with Crippen LogP contribution in [0, 0.1) is 0 Å². The van der Waals surface area contributed by atoms with Crippen LogP contribution < -0.4 is 11.5 Å². The lowest BCUT2D eigenvalue weighted by atomic mass is 10.2. The number of benzene rings is 1. The van der Waals surface area contributed by atoms with Crippen LogP contribution in [0.1, 0.15) is 0 Å². The van der Waals surface area contributed by atoms with Gasteiger partial charge in [0.25, 0.3) is 0 Å². The molecule has 0 unspecified atom stereocenters. The van der Waals surface area contributed by atoms with E-state index in [1.807, 2.05) is 30.3 Å². The van der Waals surface area contributed by atoms with Crippen molar-refractivity contribution in [2.24, 2.45) is 5.73 Å². The fraction of sp³-hybridized carbons (Fsp3) is 0. The quantitative estimate of drug-likeness (QED) is 0.654. The fourth-order valence-electron chi connectivity index (χ4n) is 1.70. The van der Waals surface area contributed by atoms with Gasteiger partial charge in [-0.15, -0.1) is 0 Å². The van der Waals surface area contributed by atoms with E-state index in [1.165, 1.54) is 22.9 Å². The molecule has 2 heterocycles. The highest BCUT2D eigenvalue weighted by molar-refractivity contribution is 5.90. The lowest BCUT2D eigenvalue weighted by molar-refractivity contribution is 0.251. The van der Waals surface area contributed by atoms with Gasteiger partial charge < -0.3 is 11.5 Å². The maximum absolute atomic E-state index is 10.9.